The Labute approximate surface area is 130 Å². The molecular formula is C20H20N+. The molecular weight excluding hydrogens is 254 g/mol. The Bertz CT molecular complexity index is 882. The summed E-state index contributed by atoms with van der Waals surface area (Å²) in [5.74, 6) is 0. The van der Waals surface area contributed by atoms with Crippen molar-refractivity contribution in [2.75, 3.05) is 0 Å². The Morgan fingerprint density at radius 3 is 2.52 bits per heavy atom. The average Bonchev–Trinajstić information content (AvgIpc) is 2.55. The lowest BCUT2D eigenvalue weighted by atomic mass is 10.0. The molecule has 3 rings (SSSR count). The maximum Gasteiger partial charge on any atom is 0.212 e. The molecule has 0 aliphatic heterocycles. The van der Waals surface area contributed by atoms with Gasteiger partial charge in [-0.25, -0.2) is 4.57 Å². The summed E-state index contributed by atoms with van der Waals surface area (Å²) in [7, 11) is 2.01. The van der Waals surface area contributed by atoms with Crippen LogP contribution in [-0.2, 0) is 7.05 Å². The van der Waals surface area contributed by atoms with Gasteiger partial charge in [-0.1, -0.05) is 48.0 Å². The summed E-state index contributed by atoms with van der Waals surface area (Å²) in [6, 6.07) is 19.5. The van der Waals surface area contributed by atoms with Gasteiger partial charge in [0.25, 0.3) is 0 Å². The molecule has 2 aromatic carbocycles. The second kappa shape index (κ2) is 5.53. The summed E-state index contributed by atoms with van der Waals surface area (Å²) in [6.07, 6.45) is 2.04. The predicted octanol–water partition coefficient (Wildman–Crippen LogP) is 4.46. The van der Waals surface area contributed by atoms with E-state index in [0.717, 1.165) is 16.8 Å². The molecule has 0 fully saturated rings. The van der Waals surface area contributed by atoms with Gasteiger partial charge in [0.05, 0.1) is 0 Å². The van der Waals surface area contributed by atoms with E-state index in [2.05, 4.69) is 29.7 Å². The lowest BCUT2D eigenvalue weighted by Gasteiger charge is -2.06. The molecule has 0 saturated carbocycles. The first-order chi connectivity index (χ1) is 11.4. The molecule has 1 aromatic heterocycles. The zero-order valence-electron chi connectivity index (χ0n) is 15.3. The van der Waals surface area contributed by atoms with Crippen molar-refractivity contribution in [2.24, 2.45) is 7.05 Å². The molecule has 0 saturated heterocycles. The van der Waals surface area contributed by atoms with Crippen LogP contribution in [0.4, 0.5) is 0 Å². The number of hydrogen-bond donors (Lipinski definition) is 0. The fourth-order valence-electron chi connectivity index (χ4n) is 2.62. The van der Waals surface area contributed by atoms with Crippen LogP contribution in [0.3, 0.4) is 0 Å². The fraction of sp³-hybridized carbons (Fsp3) is 0.150. The molecule has 1 heterocycles. The van der Waals surface area contributed by atoms with E-state index in [1.807, 2.05) is 37.5 Å². The topological polar surface area (TPSA) is 3.88 Å². The standard InChI is InChI=1S/C20H20N/c1-15-7-6-9-17(13-15)18-11-12-20(21(3)14-18)19-10-5-4-8-16(19)2/h4-14H,1-3H3/q+1/i1D3. The van der Waals surface area contributed by atoms with Gasteiger partial charge in [0.2, 0.25) is 5.69 Å². The number of rotatable bonds is 2. The highest BCUT2D eigenvalue weighted by Gasteiger charge is 2.13. The summed E-state index contributed by atoms with van der Waals surface area (Å²) in [5, 5.41) is 0. The van der Waals surface area contributed by atoms with Crippen LogP contribution in [0.1, 0.15) is 15.2 Å². The highest BCUT2D eigenvalue weighted by molar-refractivity contribution is 5.66. The van der Waals surface area contributed by atoms with Crippen LogP contribution in [-0.4, -0.2) is 0 Å². The third-order valence-electron chi connectivity index (χ3n) is 3.75. The smallest absolute Gasteiger partial charge is 0.200 e. The van der Waals surface area contributed by atoms with Crippen molar-refractivity contribution >= 4 is 0 Å². The molecule has 3 aromatic rings. The summed E-state index contributed by atoms with van der Waals surface area (Å²) in [4.78, 5) is 0. The molecule has 0 bridgehead atoms. The second-order valence-corrected chi connectivity index (χ2v) is 5.31. The van der Waals surface area contributed by atoms with Crippen molar-refractivity contribution in [2.45, 2.75) is 13.8 Å². The second-order valence-electron chi connectivity index (χ2n) is 5.31. The number of hydrogen-bond acceptors (Lipinski definition) is 0. The summed E-state index contributed by atoms with van der Waals surface area (Å²) in [5.41, 5.74) is 5.83. The number of nitrogens with zero attached hydrogens (tertiary/aromatic N) is 1. The van der Waals surface area contributed by atoms with Crippen LogP contribution < -0.4 is 4.57 Å². The zero-order chi connectivity index (χ0) is 17.3. The van der Waals surface area contributed by atoms with Gasteiger partial charge in [-0.2, -0.15) is 0 Å². The van der Waals surface area contributed by atoms with E-state index in [-0.39, 0.29) is 0 Å². The molecule has 0 amide bonds. The van der Waals surface area contributed by atoms with E-state index in [1.165, 1.54) is 11.1 Å². The minimum Gasteiger partial charge on any atom is -0.200 e. The number of pyridine rings is 1. The molecule has 0 spiro atoms. The van der Waals surface area contributed by atoms with E-state index in [4.69, 9.17) is 4.11 Å². The lowest BCUT2D eigenvalue weighted by molar-refractivity contribution is -0.659. The van der Waals surface area contributed by atoms with E-state index in [0.29, 0.717) is 5.56 Å². The van der Waals surface area contributed by atoms with Gasteiger partial charge in [-0.3, -0.25) is 0 Å². The Hall–Kier alpha value is -2.41. The van der Waals surface area contributed by atoms with Crippen LogP contribution in [0.25, 0.3) is 22.4 Å². The van der Waals surface area contributed by atoms with Crippen molar-refractivity contribution in [3.63, 3.8) is 0 Å². The largest absolute Gasteiger partial charge is 0.212 e. The van der Waals surface area contributed by atoms with Gasteiger partial charge < -0.3 is 0 Å². The zero-order valence-corrected chi connectivity index (χ0v) is 12.3. The van der Waals surface area contributed by atoms with Gasteiger partial charge in [-0.15, -0.1) is 0 Å². The van der Waals surface area contributed by atoms with Gasteiger partial charge in [0.15, 0.2) is 6.20 Å². The average molecular weight is 277 g/mol. The lowest BCUT2D eigenvalue weighted by Crippen LogP contribution is -2.30. The monoisotopic (exact) mass is 277 g/mol. The van der Waals surface area contributed by atoms with Gasteiger partial charge in [-0.05, 0) is 37.0 Å². The highest BCUT2D eigenvalue weighted by Crippen LogP contribution is 2.23. The molecule has 0 unspecified atom stereocenters. The molecule has 0 aliphatic carbocycles. The molecule has 0 atom stereocenters. The maximum atomic E-state index is 7.57. The third-order valence-corrected chi connectivity index (χ3v) is 3.75. The molecule has 1 heteroatoms. The van der Waals surface area contributed by atoms with Crippen molar-refractivity contribution < 1.29 is 8.68 Å². The van der Waals surface area contributed by atoms with E-state index < -0.39 is 6.85 Å². The Morgan fingerprint density at radius 1 is 0.905 bits per heavy atom. The first kappa shape index (κ1) is 10.3. The number of aryl methyl sites for hydroxylation is 3. The molecule has 1 nitrogen and oxygen atoms in total. The van der Waals surface area contributed by atoms with Crippen molar-refractivity contribution in [3.05, 3.63) is 78.0 Å². The number of benzene rings is 2. The number of aromatic nitrogens is 1. The van der Waals surface area contributed by atoms with Crippen molar-refractivity contribution in [1.29, 1.82) is 0 Å². The molecule has 0 radical (unpaired) electrons. The van der Waals surface area contributed by atoms with Crippen molar-refractivity contribution in [3.8, 4) is 22.4 Å². The molecule has 0 aliphatic rings. The van der Waals surface area contributed by atoms with Crippen LogP contribution >= 0.6 is 0 Å². The van der Waals surface area contributed by atoms with Gasteiger partial charge >= 0.3 is 0 Å². The highest BCUT2D eigenvalue weighted by atomic mass is 14.9. The van der Waals surface area contributed by atoms with E-state index in [9.17, 15) is 0 Å². The Balaban J connectivity index is 2.04. The molecule has 21 heavy (non-hydrogen) atoms. The Kier molecular flexibility index (Phi) is 2.72. The van der Waals surface area contributed by atoms with Crippen LogP contribution in [0.15, 0.2) is 66.9 Å². The molecule has 0 N–H and O–H groups in total. The van der Waals surface area contributed by atoms with E-state index in [1.54, 1.807) is 18.2 Å². The maximum absolute atomic E-state index is 7.57. The predicted molar refractivity (Wildman–Crippen MR) is 88.0 cm³/mol. The van der Waals surface area contributed by atoms with Gasteiger partial charge in [0.1, 0.15) is 7.05 Å². The fourth-order valence-corrected chi connectivity index (χ4v) is 2.62. The quantitative estimate of drug-likeness (QED) is 0.609. The van der Waals surface area contributed by atoms with Crippen LogP contribution in [0.2, 0.25) is 0 Å². The third kappa shape index (κ3) is 2.73. The minimum atomic E-state index is -2.08. The summed E-state index contributed by atoms with van der Waals surface area (Å²) < 4.78 is 24.8. The SMILES string of the molecule is [2H]C([2H])([2H])c1cccc(-c2ccc(-c3ccccc3C)[n+](C)c2)c1. The first-order valence-corrected chi connectivity index (χ1v) is 7.03. The van der Waals surface area contributed by atoms with Crippen molar-refractivity contribution in [1.82, 2.24) is 0 Å². The summed E-state index contributed by atoms with van der Waals surface area (Å²) in [6.45, 7) is 0.0162. The Morgan fingerprint density at radius 2 is 1.76 bits per heavy atom. The molecule has 104 valence electrons. The van der Waals surface area contributed by atoms with Crippen LogP contribution in [0.5, 0.6) is 0 Å². The van der Waals surface area contributed by atoms with Gasteiger partial charge in [0, 0.05) is 21.3 Å². The minimum absolute atomic E-state index is 0.366. The normalized spacial score (nSPS) is 13.3. The van der Waals surface area contributed by atoms with Crippen LogP contribution in [0, 0.1) is 13.8 Å². The summed E-state index contributed by atoms with van der Waals surface area (Å²) >= 11 is 0. The van der Waals surface area contributed by atoms with E-state index >= 15 is 0 Å². The first-order valence-electron chi connectivity index (χ1n) is 8.53.